The highest BCUT2D eigenvalue weighted by molar-refractivity contribution is 5.41. The minimum atomic E-state index is -0.714. The predicted octanol–water partition coefficient (Wildman–Crippen LogP) is 1.03. The third-order valence-corrected chi connectivity index (χ3v) is 3.64. The van der Waals surface area contributed by atoms with Crippen LogP contribution in [-0.2, 0) is 6.42 Å². The normalized spacial score (nSPS) is 13.7. The molecule has 0 saturated carbocycles. The first-order chi connectivity index (χ1) is 10.5. The zero-order valence-corrected chi connectivity index (χ0v) is 12.5. The molecule has 0 aliphatic heterocycles. The van der Waals surface area contributed by atoms with Gasteiger partial charge >= 0.3 is 0 Å². The lowest BCUT2D eigenvalue weighted by atomic mass is 10.1. The molecule has 0 aliphatic carbocycles. The summed E-state index contributed by atoms with van der Waals surface area (Å²) in [6.07, 6.45) is 0.113. The van der Waals surface area contributed by atoms with E-state index in [4.69, 9.17) is 0 Å². The van der Waals surface area contributed by atoms with Crippen molar-refractivity contribution in [2.75, 3.05) is 6.54 Å². The van der Waals surface area contributed by atoms with E-state index in [0.717, 1.165) is 12.0 Å². The van der Waals surface area contributed by atoms with Gasteiger partial charge in [0.1, 0.15) is 18.4 Å². The number of aliphatic hydroxyl groups is 1. The summed E-state index contributed by atoms with van der Waals surface area (Å²) >= 11 is 0. The predicted molar refractivity (Wildman–Crippen MR) is 82.8 cm³/mol. The molecule has 0 amide bonds. The van der Waals surface area contributed by atoms with Gasteiger partial charge in [0.15, 0.2) is 11.5 Å². The molecular weight excluding hydrogens is 282 g/mol. The van der Waals surface area contributed by atoms with E-state index in [-0.39, 0.29) is 23.3 Å². The molecule has 0 spiro atoms. The molecule has 0 fully saturated rings. The molecule has 2 atom stereocenters. The summed E-state index contributed by atoms with van der Waals surface area (Å²) in [5.74, 6) is -0.169. The largest absolute Gasteiger partial charge is 0.508 e. The molecule has 0 aliphatic rings. The summed E-state index contributed by atoms with van der Waals surface area (Å²) in [6, 6.07) is 11.7. The molecule has 6 N–H and O–H groups in total. The van der Waals surface area contributed by atoms with E-state index in [0.29, 0.717) is 12.1 Å². The second-order valence-electron chi connectivity index (χ2n) is 5.58. The summed E-state index contributed by atoms with van der Waals surface area (Å²) < 4.78 is 0. The maximum absolute atomic E-state index is 10.1. The van der Waals surface area contributed by atoms with Gasteiger partial charge in [0.05, 0.1) is 6.04 Å². The monoisotopic (exact) mass is 304 g/mol. The minimum absolute atomic E-state index is 0.194. The second-order valence-corrected chi connectivity index (χ2v) is 5.58. The lowest BCUT2D eigenvalue weighted by Crippen LogP contribution is -2.90. The van der Waals surface area contributed by atoms with Gasteiger partial charge in [-0.1, -0.05) is 18.2 Å². The molecule has 2 aromatic rings. The van der Waals surface area contributed by atoms with Crippen molar-refractivity contribution < 1.29 is 25.7 Å². The number of quaternary nitrogens is 1. The first-order valence-corrected chi connectivity index (χ1v) is 7.27. The molecular formula is C17H22NO4+. The number of nitrogens with two attached hydrogens (primary N) is 1. The number of aliphatic hydroxyl groups excluding tert-OH is 1. The van der Waals surface area contributed by atoms with Gasteiger partial charge in [-0.2, -0.15) is 0 Å². The fraction of sp³-hybridized carbons (Fsp3) is 0.294. The number of hydrogen-bond donors (Lipinski definition) is 5. The zero-order valence-electron chi connectivity index (χ0n) is 12.5. The number of aromatic hydroxyl groups is 3. The van der Waals surface area contributed by atoms with Crippen LogP contribution in [0.4, 0.5) is 0 Å². The van der Waals surface area contributed by atoms with Crippen LogP contribution in [0.5, 0.6) is 17.2 Å². The molecule has 0 bridgehead atoms. The van der Waals surface area contributed by atoms with Crippen molar-refractivity contribution in [2.45, 2.75) is 25.5 Å². The molecule has 22 heavy (non-hydrogen) atoms. The Bertz CT molecular complexity index is 613. The van der Waals surface area contributed by atoms with Crippen molar-refractivity contribution in [3.8, 4) is 17.2 Å². The number of rotatable bonds is 6. The molecule has 0 radical (unpaired) electrons. The lowest BCUT2D eigenvalue weighted by molar-refractivity contribution is -0.692. The van der Waals surface area contributed by atoms with Crippen LogP contribution >= 0.6 is 0 Å². The van der Waals surface area contributed by atoms with Gasteiger partial charge in [-0.05, 0) is 42.3 Å². The van der Waals surface area contributed by atoms with Gasteiger partial charge in [0.25, 0.3) is 0 Å². The van der Waals surface area contributed by atoms with Crippen LogP contribution in [0.2, 0.25) is 0 Å². The topological polar surface area (TPSA) is 97.5 Å². The Hall–Kier alpha value is -2.24. The van der Waals surface area contributed by atoms with E-state index in [1.54, 1.807) is 18.2 Å². The summed E-state index contributed by atoms with van der Waals surface area (Å²) in [4.78, 5) is 0. The van der Waals surface area contributed by atoms with Crippen molar-refractivity contribution in [3.05, 3.63) is 53.6 Å². The quantitative estimate of drug-likeness (QED) is 0.515. The van der Waals surface area contributed by atoms with Crippen LogP contribution in [0.25, 0.3) is 0 Å². The van der Waals surface area contributed by atoms with Gasteiger partial charge < -0.3 is 25.7 Å². The van der Waals surface area contributed by atoms with Crippen LogP contribution in [-0.4, -0.2) is 33.0 Å². The SMILES string of the molecule is CC(Cc1ccc(O)cc1)[NH2+]CC(O)c1ccc(O)c(O)c1. The summed E-state index contributed by atoms with van der Waals surface area (Å²) in [6.45, 7) is 2.53. The van der Waals surface area contributed by atoms with Crippen LogP contribution in [0.1, 0.15) is 24.2 Å². The van der Waals surface area contributed by atoms with Crippen molar-refractivity contribution >= 4 is 0 Å². The second kappa shape index (κ2) is 7.15. The summed E-state index contributed by atoms with van der Waals surface area (Å²) in [5.41, 5.74) is 1.70. The van der Waals surface area contributed by atoms with Crippen molar-refractivity contribution in [2.24, 2.45) is 0 Å². The summed E-state index contributed by atoms with van der Waals surface area (Å²) in [7, 11) is 0. The highest BCUT2D eigenvalue weighted by atomic mass is 16.3. The Morgan fingerprint density at radius 1 is 0.955 bits per heavy atom. The van der Waals surface area contributed by atoms with Gasteiger partial charge in [-0.15, -0.1) is 0 Å². The number of phenols is 3. The standard InChI is InChI=1S/C17H21NO4/c1-11(8-12-2-5-14(19)6-3-12)18-10-17(22)13-4-7-15(20)16(21)9-13/h2-7,9,11,17-22H,8,10H2,1H3/p+1. The van der Waals surface area contributed by atoms with Crippen LogP contribution < -0.4 is 5.32 Å². The van der Waals surface area contributed by atoms with Crippen molar-refractivity contribution in [1.82, 2.24) is 0 Å². The summed E-state index contributed by atoms with van der Waals surface area (Å²) in [5, 5.41) is 40.1. The molecule has 2 rings (SSSR count). The van der Waals surface area contributed by atoms with Crippen LogP contribution in [0, 0.1) is 0 Å². The Morgan fingerprint density at radius 2 is 1.64 bits per heavy atom. The maximum atomic E-state index is 10.1. The minimum Gasteiger partial charge on any atom is -0.508 e. The highest BCUT2D eigenvalue weighted by Crippen LogP contribution is 2.27. The molecule has 0 aromatic heterocycles. The van der Waals surface area contributed by atoms with Gasteiger partial charge in [0, 0.05) is 6.42 Å². The fourth-order valence-electron chi connectivity index (χ4n) is 2.33. The first-order valence-electron chi connectivity index (χ1n) is 7.27. The van der Waals surface area contributed by atoms with Gasteiger partial charge in [0.2, 0.25) is 0 Å². The Labute approximate surface area is 129 Å². The fourth-order valence-corrected chi connectivity index (χ4v) is 2.33. The van der Waals surface area contributed by atoms with Crippen molar-refractivity contribution in [1.29, 1.82) is 0 Å². The van der Waals surface area contributed by atoms with E-state index in [1.807, 2.05) is 17.4 Å². The van der Waals surface area contributed by atoms with Crippen LogP contribution in [0.3, 0.4) is 0 Å². The van der Waals surface area contributed by atoms with E-state index in [2.05, 4.69) is 6.92 Å². The van der Waals surface area contributed by atoms with E-state index >= 15 is 0 Å². The third kappa shape index (κ3) is 4.38. The van der Waals surface area contributed by atoms with Gasteiger partial charge in [-0.25, -0.2) is 0 Å². The van der Waals surface area contributed by atoms with E-state index < -0.39 is 6.10 Å². The molecule has 0 saturated heterocycles. The molecule has 5 heteroatoms. The Morgan fingerprint density at radius 3 is 2.27 bits per heavy atom. The zero-order chi connectivity index (χ0) is 16.1. The molecule has 118 valence electrons. The molecule has 2 aromatic carbocycles. The number of hydrogen-bond acceptors (Lipinski definition) is 4. The van der Waals surface area contributed by atoms with E-state index in [9.17, 15) is 20.4 Å². The maximum Gasteiger partial charge on any atom is 0.157 e. The lowest BCUT2D eigenvalue weighted by Gasteiger charge is -2.15. The number of phenolic OH excluding ortho intramolecular Hbond substituents is 3. The molecule has 0 heterocycles. The van der Waals surface area contributed by atoms with E-state index in [1.165, 1.54) is 12.1 Å². The first kappa shape index (κ1) is 16.1. The smallest absolute Gasteiger partial charge is 0.157 e. The molecule has 2 unspecified atom stereocenters. The molecule has 5 nitrogen and oxygen atoms in total. The number of benzene rings is 2. The average Bonchev–Trinajstić information content (AvgIpc) is 2.50. The third-order valence-electron chi connectivity index (χ3n) is 3.64. The average molecular weight is 304 g/mol. The highest BCUT2D eigenvalue weighted by Gasteiger charge is 2.14. The van der Waals surface area contributed by atoms with Crippen LogP contribution in [0.15, 0.2) is 42.5 Å². The van der Waals surface area contributed by atoms with Gasteiger partial charge in [-0.3, -0.25) is 0 Å². The van der Waals surface area contributed by atoms with Crippen molar-refractivity contribution in [3.63, 3.8) is 0 Å². The Balaban J connectivity index is 1.85. The Kier molecular flexibility index (Phi) is 5.25.